The fraction of sp³-hybridized carbons (Fsp3) is 0.682. The van der Waals surface area contributed by atoms with Crippen LogP contribution in [0.2, 0.25) is 0 Å². The van der Waals surface area contributed by atoms with E-state index >= 15 is 0 Å². The number of rotatable bonds is 0. The number of carbonyl (C=O) groups excluding carboxylic acids is 1. The van der Waals surface area contributed by atoms with Gasteiger partial charge in [-0.15, -0.1) is 0 Å². The van der Waals surface area contributed by atoms with Crippen LogP contribution >= 0.6 is 0 Å². The van der Waals surface area contributed by atoms with Gasteiger partial charge in [0.05, 0.1) is 0 Å². The van der Waals surface area contributed by atoms with Crippen LogP contribution in [0, 0.1) is 35.0 Å². The van der Waals surface area contributed by atoms with Gasteiger partial charge < -0.3 is 10.5 Å². The highest BCUT2D eigenvalue weighted by Gasteiger charge is 2.78. The lowest BCUT2D eigenvalue weighted by Gasteiger charge is -2.54. The van der Waals surface area contributed by atoms with Crippen LogP contribution in [0.25, 0.3) is 0 Å². The first-order chi connectivity index (χ1) is 12.0. The lowest BCUT2D eigenvalue weighted by atomic mass is 9.52. The van der Waals surface area contributed by atoms with Crippen molar-refractivity contribution in [2.75, 3.05) is 0 Å². The minimum absolute atomic E-state index is 0.0479. The van der Waals surface area contributed by atoms with E-state index in [1.54, 1.807) is 5.57 Å². The molecule has 2 N–H and O–H groups in total. The molecule has 0 radical (unpaired) electrons. The van der Waals surface area contributed by atoms with Crippen LogP contribution in [0.5, 0.6) is 0 Å². The molecule has 6 aliphatic rings. The Labute approximate surface area is 149 Å². The molecular formula is C22H27NO2. The van der Waals surface area contributed by atoms with Crippen LogP contribution in [-0.2, 0) is 9.53 Å². The number of esters is 1. The van der Waals surface area contributed by atoms with Gasteiger partial charge in [-0.25, -0.2) is 0 Å². The van der Waals surface area contributed by atoms with E-state index in [1.807, 2.05) is 0 Å². The summed E-state index contributed by atoms with van der Waals surface area (Å²) in [7, 11) is 0. The van der Waals surface area contributed by atoms with Gasteiger partial charge in [-0.2, -0.15) is 0 Å². The first-order valence-corrected chi connectivity index (χ1v) is 10.1. The summed E-state index contributed by atoms with van der Waals surface area (Å²) in [5, 5.41) is 0. The van der Waals surface area contributed by atoms with Gasteiger partial charge in [0.25, 0.3) is 0 Å². The molecule has 6 rings (SSSR count). The molecule has 25 heavy (non-hydrogen) atoms. The molecule has 5 unspecified atom stereocenters. The van der Waals surface area contributed by atoms with Crippen molar-refractivity contribution in [2.24, 2.45) is 40.7 Å². The molecule has 0 aromatic carbocycles. The third kappa shape index (κ3) is 1.61. The fourth-order valence-electron chi connectivity index (χ4n) is 7.79. The van der Waals surface area contributed by atoms with Crippen molar-refractivity contribution in [1.82, 2.24) is 0 Å². The highest BCUT2D eigenvalue weighted by molar-refractivity contribution is 5.73. The van der Waals surface area contributed by atoms with E-state index in [4.69, 9.17) is 10.5 Å². The quantitative estimate of drug-likeness (QED) is 0.683. The van der Waals surface area contributed by atoms with Crippen LogP contribution in [0.1, 0.15) is 51.9 Å². The molecule has 0 aromatic rings. The molecule has 1 saturated heterocycles. The summed E-state index contributed by atoms with van der Waals surface area (Å²) < 4.78 is 6.14. The Bertz CT molecular complexity index is 777. The Morgan fingerprint density at radius 1 is 1.24 bits per heavy atom. The van der Waals surface area contributed by atoms with Gasteiger partial charge in [-0.1, -0.05) is 24.6 Å². The average molecular weight is 337 g/mol. The van der Waals surface area contributed by atoms with E-state index in [2.05, 4.69) is 25.2 Å². The Morgan fingerprint density at radius 3 is 2.92 bits per heavy atom. The van der Waals surface area contributed by atoms with Crippen molar-refractivity contribution in [3.63, 3.8) is 0 Å². The van der Waals surface area contributed by atoms with Gasteiger partial charge >= 0.3 is 5.97 Å². The summed E-state index contributed by atoms with van der Waals surface area (Å²) in [6.45, 7) is 2.45. The second-order valence-electron chi connectivity index (χ2n) is 9.59. The molecule has 1 aliphatic heterocycles. The molecule has 5 aliphatic carbocycles. The predicted octanol–water partition coefficient (Wildman–Crippen LogP) is 3.86. The van der Waals surface area contributed by atoms with Gasteiger partial charge in [0.1, 0.15) is 5.60 Å². The first-order valence-electron chi connectivity index (χ1n) is 10.1. The molecular weight excluding hydrogens is 310 g/mol. The molecule has 3 heteroatoms. The van der Waals surface area contributed by atoms with Crippen LogP contribution in [0.4, 0.5) is 0 Å². The normalized spacial score (nSPS) is 52.3. The minimum atomic E-state index is -0.135. The van der Waals surface area contributed by atoms with Gasteiger partial charge in [-0.05, 0) is 73.8 Å². The largest absolute Gasteiger partial charge is 0.458 e. The zero-order valence-electron chi connectivity index (χ0n) is 15.0. The van der Waals surface area contributed by atoms with Crippen LogP contribution in [-0.4, -0.2) is 11.6 Å². The molecule has 132 valence electrons. The summed E-state index contributed by atoms with van der Waals surface area (Å²) in [6.07, 6.45) is 14.5. The molecule has 1 spiro atoms. The number of hydrogen-bond acceptors (Lipinski definition) is 3. The van der Waals surface area contributed by atoms with E-state index < -0.39 is 0 Å². The van der Waals surface area contributed by atoms with Gasteiger partial charge in [-0.3, -0.25) is 4.79 Å². The summed E-state index contributed by atoms with van der Waals surface area (Å²) >= 11 is 0. The van der Waals surface area contributed by atoms with Gasteiger partial charge in [0.2, 0.25) is 0 Å². The highest BCUT2D eigenvalue weighted by atomic mass is 16.6. The Morgan fingerprint density at radius 2 is 2.12 bits per heavy atom. The maximum atomic E-state index is 12.0. The van der Waals surface area contributed by atoms with E-state index in [-0.39, 0.29) is 17.0 Å². The van der Waals surface area contributed by atoms with Crippen molar-refractivity contribution >= 4 is 5.97 Å². The first kappa shape index (κ1) is 14.6. The highest BCUT2D eigenvalue weighted by Crippen LogP contribution is 2.77. The second kappa shape index (κ2) is 4.42. The van der Waals surface area contributed by atoms with E-state index in [0.717, 1.165) is 30.9 Å². The van der Waals surface area contributed by atoms with Crippen molar-refractivity contribution in [2.45, 2.75) is 57.5 Å². The van der Waals surface area contributed by atoms with Crippen molar-refractivity contribution < 1.29 is 9.53 Å². The van der Waals surface area contributed by atoms with Crippen molar-refractivity contribution in [3.8, 4) is 0 Å². The lowest BCUT2D eigenvalue weighted by molar-refractivity contribution is -0.169. The number of carbonyl (C=O) groups is 1. The standard InChI is InChI=1S/C22H27NO2/c1-21-8-6-15-14-5-3-13(23)10-12(14)2-4-16(15)20(21)17-11-18(17)22(21)9-7-19(24)25-22/h2,4,10,15-18,20H,3,5-9,11,23H2,1H3/t15?,16?,17?,18?,20?,21-,22-/m0/s1. The Balaban J connectivity index is 1.41. The summed E-state index contributed by atoms with van der Waals surface area (Å²) in [5.74, 6) is 3.48. The van der Waals surface area contributed by atoms with Crippen LogP contribution < -0.4 is 5.73 Å². The minimum Gasteiger partial charge on any atom is -0.458 e. The molecule has 0 bridgehead atoms. The third-order valence-corrected chi connectivity index (χ3v) is 8.79. The topological polar surface area (TPSA) is 52.3 Å². The summed E-state index contributed by atoms with van der Waals surface area (Å²) in [5.41, 5.74) is 10.2. The van der Waals surface area contributed by atoms with Crippen molar-refractivity contribution in [1.29, 1.82) is 0 Å². The molecule has 1 heterocycles. The summed E-state index contributed by atoms with van der Waals surface area (Å²) in [4.78, 5) is 12.0. The zero-order valence-corrected chi connectivity index (χ0v) is 15.0. The predicted molar refractivity (Wildman–Crippen MR) is 95.1 cm³/mol. The molecule has 4 fully saturated rings. The lowest BCUT2D eigenvalue weighted by Crippen LogP contribution is -2.53. The number of fused-ring (bicyclic) bond motifs is 8. The zero-order chi connectivity index (χ0) is 17.0. The number of ether oxygens (including phenoxy) is 1. The fourth-order valence-corrected chi connectivity index (χ4v) is 7.79. The maximum absolute atomic E-state index is 12.0. The number of allylic oxidation sites excluding steroid dienone is 6. The van der Waals surface area contributed by atoms with E-state index in [0.29, 0.717) is 30.1 Å². The number of nitrogens with two attached hydrogens (primary N) is 1. The summed E-state index contributed by atoms with van der Waals surface area (Å²) in [6, 6.07) is 0. The monoisotopic (exact) mass is 337 g/mol. The van der Waals surface area contributed by atoms with Gasteiger partial charge in [0, 0.05) is 23.5 Å². The van der Waals surface area contributed by atoms with Crippen LogP contribution in [0.15, 0.2) is 35.1 Å². The number of hydrogen-bond donors (Lipinski definition) is 1. The molecule has 0 aromatic heterocycles. The molecule has 0 amide bonds. The Kier molecular flexibility index (Phi) is 2.59. The van der Waals surface area contributed by atoms with E-state index in [9.17, 15) is 4.79 Å². The van der Waals surface area contributed by atoms with Crippen molar-refractivity contribution in [3.05, 3.63) is 35.1 Å². The smallest absolute Gasteiger partial charge is 0.306 e. The third-order valence-electron chi connectivity index (χ3n) is 8.79. The van der Waals surface area contributed by atoms with Gasteiger partial charge in [0.15, 0.2) is 0 Å². The van der Waals surface area contributed by atoms with E-state index in [1.165, 1.54) is 24.8 Å². The second-order valence-corrected chi connectivity index (χ2v) is 9.59. The SMILES string of the molecule is C[C@]12CCC3C4=C(C=CC3C1C1CC1[C@@]21CCC(=O)O1)C=C(N)CC4. The average Bonchev–Trinajstić information content (AvgIpc) is 3.23. The molecule has 3 saturated carbocycles. The van der Waals surface area contributed by atoms with Crippen LogP contribution in [0.3, 0.4) is 0 Å². The molecule has 3 nitrogen and oxygen atoms in total. The maximum Gasteiger partial charge on any atom is 0.306 e. The Hall–Kier alpha value is -1.51. The molecule has 7 atom stereocenters.